The summed E-state index contributed by atoms with van der Waals surface area (Å²) in [5, 5.41) is 5.33. The van der Waals surface area contributed by atoms with Crippen LogP contribution in [0.1, 0.15) is 34.5 Å². The molecule has 3 aromatic rings. The number of carbonyl (C=O) groups is 1. The number of carbonyl (C=O) groups excluding carboxylic acids is 1. The summed E-state index contributed by atoms with van der Waals surface area (Å²) >= 11 is 0. The van der Waals surface area contributed by atoms with Gasteiger partial charge in [0.25, 0.3) is 5.91 Å². The zero-order valence-electron chi connectivity index (χ0n) is 15.8. The quantitative estimate of drug-likeness (QED) is 0.734. The van der Waals surface area contributed by atoms with Crippen LogP contribution >= 0.6 is 0 Å². The van der Waals surface area contributed by atoms with Crippen LogP contribution in [0.5, 0.6) is 0 Å². The third-order valence-electron chi connectivity index (χ3n) is 5.23. The fourth-order valence-corrected chi connectivity index (χ4v) is 4.80. The summed E-state index contributed by atoms with van der Waals surface area (Å²) in [6.45, 7) is 2.39. The molecule has 1 aliphatic heterocycles. The SMILES string of the molecule is CC(NC(=O)c1ccc2c(c1)CCN2S(C)(=O)=O)c1cccc2ccccc12. The molecule has 28 heavy (non-hydrogen) atoms. The number of amides is 1. The summed E-state index contributed by atoms with van der Waals surface area (Å²) < 4.78 is 25.1. The summed E-state index contributed by atoms with van der Waals surface area (Å²) in [5.41, 5.74) is 3.16. The Labute approximate surface area is 165 Å². The zero-order chi connectivity index (χ0) is 19.9. The van der Waals surface area contributed by atoms with E-state index in [1.807, 2.05) is 31.2 Å². The van der Waals surface area contributed by atoms with Crippen LogP contribution in [0.15, 0.2) is 60.7 Å². The lowest BCUT2D eigenvalue weighted by Gasteiger charge is -2.18. The second-order valence-electron chi connectivity index (χ2n) is 7.19. The minimum Gasteiger partial charge on any atom is -0.345 e. The number of anilines is 1. The van der Waals surface area contributed by atoms with Gasteiger partial charge in [0, 0.05) is 12.1 Å². The van der Waals surface area contributed by atoms with E-state index < -0.39 is 10.0 Å². The second kappa shape index (κ2) is 6.95. The van der Waals surface area contributed by atoms with E-state index in [0.29, 0.717) is 24.2 Å². The highest BCUT2D eigenvalue weighted by molar-refractivity contribution is 7.92. The molecule has 0 aliphatic carbocycles. The number of rotatable bonds is 4. The largest absolute Gasteiger partial charge is 0.345 e. The first-order chi connectivity index (χ1) is 13.3. The third-order valence-corrected chi connectivity index (χ3v) is 6.41. The smallest absolute Gasteiger partial charge is 0.251 e. The molecule has 144 valence electrons. The third kappa shape index (κ3) is 3.36. The maximum absolute atomic E-state index is 12.8. The van der Waals surface area contributed by atoms with Crippen molar-refractivity contribution in [1.82, 2.24) is 5.32 Å². The van der Waals surface area contributed by atoms with Gasteiger partial charge >= 0.3 is 0 Å². The highest BCUT2D eigenvalue weighted by Gasteiger charge is 2.27. The van der Waals surface area contributed by atoms with Gasteiger partial charge in [0.05, 0.1) is 18.0 Å². The van der Waals surface area contributed by atoms with E-state index in [-0.39, 0.29) is 11.9 Å². The van der Waals surface area contributed by atoms with Crippen molar-refractivity contribution < 1.29 is 13.2 Å². The number of nitrogens with one attached hydrogen (secondary N) is 1. The van der Waals surface area contributed by atoms with Gasteiger partial charge in [-0.25, -0.2) is 8.42 Å². The van der Waals surface area contributed by atoms with Crippen molar-refractivity contribution in [2.45, 2.75) is 19.4 Å². The number of benzene rings is 3. The molecule has 1 heterocycles. The Kier molecular flexibility index (Phi) is 4.59. The Bertz CT molecular complexity index is 1170. The van der Waals surface area contributed by atoms with Crippen LogP contribution in [0.2, 0.25) is 0 Å². The molecule has 0 saturated carbocycles. The van der Waals surface area contributed by atoms with Crippen LogP contribution in [0, 0.1) is 0 Å². The molecule has 1 N–H and O–H groups in total. The van der Waals surface area contributed by atoms with E-state index in [4.69, 9.17) is 0 Å². The van der Waals surface area contributed by atoms with Crippen molar-refractivity contribution in [2.75, 3.05) is 17.1 Å². The fraction of sp³-hybridized carbons (Fsp3) is 0.227. The number of fused-ring (bicyclic) bond motifs is 2. The zero-order valence-corrected chi connectivity index (χ0v) is 16.7. The lowest BCUT2D eigenvalue weighted by molar-refractivity contribution is 0.0940. The Morgan fingerprint density at radius 3 is 2.61 bits per heavy atom. The Morgan fingerprint density at radius 1 is 1.07 bits per heavy atom. The van der Waals surface area contributed by atoms with Gasteiger partial charge in [0.1, 0.15) is 0 Å². The molecule has 0 aromatic heterocycles. The maximum atomic E-state index is 12.8. The summed E-state index contributed by atoms with van der Waals surface area (Å²) in [5.74, 6) is -0.166. The highest BCUT2D eigenvalue weighted by Crippen LogP contribution is 2.31. The molecule has 1 aliphatic rings. The molecule has 3 aromatic carbocycles. The van der Waals surface area contributed by atoms with Gasteiger partial charge in [-0.1, -0.05) is 42.5 Å². The van der Waals surface area contributed by atoms with Crippen LogP contribution < -0.4 is 9.62 Å². The van der Waals surface area contributed by atoms with Crippen molar-refractivity contribution in [3.8, 4) is 0 Å². The molecule has 1 atom stereocenters. The predicted molar refractivity (Wildman–Crippen MR) is 112 cm³/mol. The van der Waals surface area contributed by atoms with E-state index in [1.54, 1.807) is 18.2 Å². The molecule has 0 fully saturated rings. The highest BCUT2D eigenvalue weighted by atomic mass is 32.2. The predicted octanol–water partition coefficient (Wildman–Crippen LogP) is 3.65. The molecular formula is C22H22N2O3S. The molecule has 5 nitrogen and oxygen atoms in total. The van der Waals surface area contributed by atoms with E-state index in [0.717, 1.165) is 21.9 Å². The number of hydrogen-bond donors (Lipinski definition) is 1. The van der Waals surface area contributed by atoms with Gasteiger partial charge in [-0.3, -0.25) is 9.10 Å². The first kappa shape index (κ1) is 18.5. The second-order valence-corrected chi connectivity index (χ2v) is 9.10. The minimum atomic E-state index is -3.29. The molecule has 0 spiro atoms. The Morgan fingerprint density at radius 2 is 1.82 bits per heavy atom. The van der Waals surface area contributed by atoms with E-state index in [9.17, 15) is 13.2 Å². The molecule has 0 radical (unpaired) electrons. The lowest BCUT2D eigenvalue weighted by Crippen LogP contribution is -2.28. The first-order valence-electron chi connectivity index (χ1n) is 9.24. The number of hydrogen-bond acceptors (Lipinski definition) is 3. The maximum Gasteiger partial charge on any atom is 0.251 e. The number of sulfonamides is 1. The van der Waals surface area contributed by atoms with E-state index in [1.165, 1.54) is 10.6 Å². The summed E-state index contributed by atoms with van der Waals surface area (Å²) in [6, 6.07) is 19.2. The van der Waals surface area contributed by atoms with Crippen LogP contribution in [0.4, 0.5) is 5.69 Å². The van der Waals surface area contributed by atoms with E-state index >= 15 is 0 Å². The first-order valence-corrected chi connectivity index (χ1v) is 11.1. The van der Waals surface area contributed by atoms with Gasteiger partial charge in [0.2, 0.25) is 10.0 Å². The summed E-state index contributed by atoms with van der Waals surface area (Å²) in [4.78, 5) is 12.8. The molecule has 6 heteroatoms. The van der Waals surface area contributed by atoms with Crippen LogP contribution in [0.25, 0.3) is 10.8 Å². The Balaban J connectivity index is 1.57. The average molecular weight is 394 g/mol. The summed E-state index contributed by atoms with van der Waals surface area (Å²) in [7, 11) is -3.29. The van der Waals surface area contributed by atoms with E-state index in [2.05, 4.69) is 23.5 Å². The minimum absolute atomic E-state index is 0.153. The van der Waals surface area contributed by atoms with Gasteiger partial charge in [-0.15, -0.1) is 0 Å². The molecule has 0 bridgehead atoms. The topological polar surface area (TPSA) is 66.5 Å². The van der Waals surface area contributed by atoms with Crippen LogP contribution in [-0.4, -0.2) is 27.1 Å². The van der Waals surface area contributed by atoms with Crippen LogP contribution in [0.3, 0.4) is 0 Å². The van der Waals surface area contributed by atoms with Crippen molar-refractivity contribution >= 4 is 32.4 Å². The number of nitrogens with zero attached hydrogens (tertiary/aromatic N) is 1. The molecular weight excluding hydrogens is 372 g/mol. The van der Waals surface area contributed by atoms with Gasteiger partial charge < -0.3 is 5.32 Å². The molecule has 0 saturated heterocycles. The average Bonchev–Trinajstić information content (AvgIpc) is 3.11. The van der Waals surface area contributed by atoms with Crippen molar-refractivity contribution in [2.24, 2.45) is 0 Å². The van der Waals surface area contributed by atoms with Crippen molar-refractivity contribution in [1.29, 1.82) is 0 Å². The van der Waals surface area contributed by atoms with Gasteiger partial charge in [-0.2, -0.15) is 0 Å². The molecule has 1 unspecified atom stereocenters. The molecule has 4 rings (SSSR count). The lowest BCUT2D eigenvalue weighted by atomic mass is 9.99. The van der Waals surface area contributed by atoms with Crippen molar-refractivity contribution in [3.63, 3.8) is 0 Å². The normalized spacial score (nSPS) is 14.7. The van der Waals surface area contributed by atoms with Crippen molar-refractivity contribution in [3.05, 3.63) is 77.4 Å². The summed E-state index contributed by atoms with van der Waals surface area (Å²) in [6.07, 6.45) is 1.82. The van der Waals surface area contributed by atoms with Crippen LogP contribution in [-0.2, 0) is 16.4 Å². The fourth-order valence-electron chi connectivity index (χ4n) is 3.84. The van der Waals surface area contributed by atoms with Gasteiger partial charge in [0.15, 0.2) is 0 Å². The Hall–Kier alpha value is -2.86. The van der Waals surface area contributed by atoms with Gasteiger partial charge in [-0.05, 0) is 53.4 Å². The monoisotopic (exact) mass is 394 g/mol. The standard InChI is InChI=1S/C22H22N2O3S/c1-15(19-9-5-7-16-6-3-4-8-20(16)19)23-22(25)18-10-11-21-17(14-18)12-13-24(21)28(2,26)27/h3-11,14-15H,12-13H2,1-2H3,(H,23,25). The molecule has 1 amide bonds.